The van der Waals surface area contributed by atoms with Gasteiger partial charge in [-0.25, -0.2) is 0 Å². The van der Waals surface area contributed by atoms with Gasteiger partial charge in [-0.2, -0.15) is 0 Å². The summed E-state index contributed by atoms with van der Waals surface area (Å²) in [5.41, 5.74) is 22.9. The van der Waals surface area contributed by atoms with Gasteiger partial charge in [0, 0.05) is 16.7 Å². The van der Waals surface area contributed by atoms with E-state index in [1.807, 2.05) is 54.6 Å². The quantitative estimate of drug-likeness (QED) is 0.423. The Morgan fingerprint density at radius 2 is 0.576 bits per heavy atom. The predicted octanol–water partition coefficient (Wildman–Crippen LogP) is 3.98. The Balaban J connectivity index is 1.84. The second-order valence-electron chi connectivity index (χ2n) is 7.62. The molecule has 6 N–H and O–H groups in total. The highest BCUT2D eigenvalue weighted by Crippen LogP contribution is 2.33. The summed E-state index contributed by atoms with van der Waals surface area (Å²) in [7, 11) is 0. The van der Waals surface area contributed by atoms with E-state index < -0.39 is 17.7 Å². The number of carbonyl (C=O) groups excluding carboxylic acids is 3. The first-order chi connectivity index (χ1) is 15.8. The van der Waals surface area contributed by atoms with Crippen molar-refractivity contribution >= 4 is 17.7 Å². The van der Waals surface area contributed by atoms with Crippen LogP contribution in [0, 0.1) is 0 Å². The highest BCUT2D eigenvalue weighted by Gasteiger charge is 2.10. The average molecular weight is 435 g/mol. The molecule has 0 aliphatic carbocycles. The Bertz CT molecular complexity index is 1180. The molecule has 3 amide bonds. The van der Waals surface area contributed by atoms with Gasteiger partial charge in [-0.1, -0.05) is 36.4 Å². The van der Waals surface area contributed by atoms with Crippen molar-refractivity contribution in [2.75, 3.05) is 0 Å². The smallest absolute Gasteiger partial charge is 0.248 e. The molecule has 4 aromatic carbocycles. The summed E-state index contributed by atoms with van der Waals surface area (Å²) < 4.78 is 0. The lowest BCUT2D eigenvalue weighted by Crippen LogP contribution is -2.10. The van der Waals surface area contributed by atoms with Crippen LogP contribution in [0.4, 0.5) is 0 Å². The Labute approximate surface area is 190 Å². The number of benzene rings is 4. The molecule has 0 fully saturated rings. The molecular formula is C27H21N3O3. The van der Waals surface area contributed by atoms with Gasteiger partial charge in [0.05, 0.1) is 0 Å². The number of rotatable bonds is 6. The molecule has 6 nitrogen and oxygen atoms in total. The molecule has 0 saturated carbocycles. The van der Waals surface area contributed by atoms with Crippen LogP contribution in [-0.4, -0.2) is 17.7 Å². The number of nitrogens with two attached hydrogens (primary N) is 3. The van der Waals surface area contributed by atoms with Gasteiger partial charge in [0.2, 0.25) is 17.7 Å². The van der Waals surface area contributed by atoms with Crippen LogP contribution in [0.25, 0.3) is 33.4 Å². The minimum atomic E-state index is -0.486. The summed E-state index contributed by atoms with van der Waals surface area (Å²) in [6.45, 7) is 0. The van der Waals surface area contributed by atoms with Gasteiger partial charge in [0.25, 0.3) is 0 Å². The fourth-order valence-electron chi connectivity index (χ4n) is 3.61. The van der Waals surface area contributed by atoms with Crippen LogP contribution < -0.4 is 17.2 Å². The van der Waals surface area contributed by atoms with Crippen LogP contribution in [0.15, 0.2) is 91.0 Å². The maximum Gasteiger partial charge on any atom is 0.248 e. The first-order valence-corrected chi connectivity index (χ1v) is 10.2. The van der Waals surface area contributed by atoms with Gasteiger partial charge in [0.1, 0.15) is 0 Å². The number of primary amides is 3. The summed E-state index contributed by atoms with van der Waals surface area (Å²) in [4.78, 5) is 34.3. The van der Waals surface area contributed by atoms with Crippen LogP contribution in [0.2, 0.25) is 0 Å². The summed E-state index contributed by atoms with van der Waals surface area (Å²) >= 11 is 0. The van der Waals surface area contributed by atoms with Crippen molar-refractivity contribution in [3.05, 3.63) is 108 Å². The van der Waals surface area contributed by atoms with Gasteiger partial charge in [-0.15, -0.1) is 0 Å². The molecule has 0 bridgehead atoms. The monoisotopic (exact) mass is 435 g/mol. The maximum atomic E-state index is 11.4. The van der Waals surface area contributed by atoms with Crippen molar-refractivity contribution in [1.29, 1.82) is 0 Å². The highest BCUT2D eigenvalue weighted by atomic mass is 16.1. The fraction of sp³-hybridized carbons (Fsp3) is 0. The second kappa shape index (κ2) is 8.80. The SMILES string of the molecule is NC(=O)c1ccc(-c2cc(-c3ccc(C(N)=O)cc3)cc(-c3ccc(C(N)=O)cc3)c2)cc1. The predicted molar refractivity (Wildman–Crippen MR) is 128 cm³/mol. The molecule has 0 unspecified atom stereocenters. The molecular weight excluding hydrogens is 414 g/mol. The number of hydrogen-bond acceptors (Lipinski definition) is 3. The minimum absolute atomic E-state index is 0.430. The fourth-order valence-corrected chi connectivity index (χ4v) is 3.61. The molecule has 0 spiro atoms. The summed E-state index contributed by atoms with van der Waals surface area (Å²) in [5, 5.41) is 0. The third kappa shape index (κ3) is 4.65. The van der Waals surface area contributed by atoms with Gasteiger partial charge < -0.3 is 17.2 Å². The number of carbonyl (C=O) groups is 3. The summed E-state index contributed by atoms with van der Waals surface area (Å²) in [6.07, 6.45) is 0. The van der Waals surface area contributed by atoms with Crippen molar-refractivity contribution in [2.24, 2.45) is 17.2 Å². The molecule has 33 heavy (non-hydrogen) atoms. The Kier molecular flexibility index (Phi) is 5.74. The van der Waals surface area contributed by atoms with E-state index in [1.54, 1.807) is 36.4 Å². The normalized spacial score (nSPS) is 10.5. The molecule has 4 aromatic rings. The van der Waals surface area contributed by atoms with Crippen LogP contribution in [0.1, 0.15) is 31.1 Å². The van der Waals surface area contributed by atoms with E-state index in [2.05, 4.69) is 0 Å². The van der Waals surface area contributed by atoms with Crippen molar-refractivity contribution in [2.45, 2.75) is 0 Å². The van der Waals surface area contributed by atoms with Crippen LogP contribution in [0.3, 0.4) is 0 Å². The summed E-state index contributed by atoms with van der Waals surface area (Å²) in [6, 6.07) is 27.3. The largest absolute Gasteiger partial charge is 0.366 e. The van der Waals surface area contributed by atoms with Gasteiger partial charge in [-0.05, 0) is 88.0 Å². The Hall–Kier alpha value is -4.71. The summed E-state index contributed by atoms with van der Waals surface area (Å²) in [5.74, 6) is -1.46. The number of hydrogen-bond donors (Lipinski definition) is 3. The van der Waals surface area contributed by atoms with E-state index in [9.17, 15) is 14.4 Å². The highest BCUT2D eigenvalue weighted by molar-refractivity contribution is 5.95. The van der Waals surface area contributed by atoms with Gasteiger partial charge >= 0.3 is 0 Å². The van der Waals surface area contributed by atoms with Crippen molar-refractivity contribution in [3.63, 3.8) is 0 Å². The lowest BCUT2D eigenvalue weighted by molar-refractivity contribution is 0.0992. The minimum Gasteiger partial charge on any atom is -0.366 e. The van der Waals surface area contributed by atoms with Crippen molar-refractivity contribution in [3.8, 4) is 33.4 Å². The van der Waals surface area contributed by atoms with E-state index in [4.69, 9.17) is 17.2 Å². The average Bonchev–Trinajstić information content (AvgIpc) is 2.84. The van der Waals surface area contributed by atoms with Crippen LogP contribution in [-0.2, 0) is 0 Å². The molecule has 0 saturated heterocycles. The van der Waals surface area contributed by atoms with Gasteiger partial charge in [-0.3, -0.25) is 14.4 Å². The third-order valence-corrected chi connectivity index (χ3v) is 5.44. The Morgan fingerprint density at radius 1 is 0.364 bits per heavy atom. The van der Waals surface area contributed by atoms with Crippen LogP contribution >= 0.6 is 0 Å². The van der Waals surface area contributed by atoms with E-state index in [0.29, 0.717) is 16.7 Å². The molecule has 0 aliphatic rings. The Morgan fingerprint density at radius 3 is 0.758 bits per heavy atom. The van der Waals surface area contributed by atoms with E-state index in [-0.39, 0.29) is 0 Å². The lowest BCUT2D eigenvalue weighted by atomic mass is 9.92. The molecule has 0 aromatic heterocycles. The molecule has 162 valence electrons. The molecule has 0 radical (unpaired) electrons. The van der Waals surface area contributed by atoms with Crippen molar-refractivity contribution < 1.29 is 14.4 Å². The molecule has 6 heteroatoms. The topological polar surface area (TPSA) is 129 Å². The zero-order valence-corrected chi connectivity index (χ0v) is 17.6. The standard InChI is InChI=1S/C27H21N3O3/c28-25(31)19-7-1-16(2-8-19)22-13-23(17-3-9-20(10-4-17)26(29)32)15-24(14-22)18-5-11-21(12-6-18)27(30)33/h1-15H,(H2,28,31)(H2,29,32)(H2,30,33). The molecule has 0 heterocycles. The van der Waals surface area contributed by atoms with E-state index in [0.717, 1.165) is 33.4 Å². The molecule has 0 atom stereocenters. The van der Waals surface area contributed by atoms with Gasteiger partial charge in [0.15, 0.2) is 0 Å². The first kappa shape index (κ1) is 21.5. The number of amides is 3. The van der Waals surface area contributed by atoms with E-state index >= 15 is 0 Å². The maximum absolute atomic E-state index is 11.4. The zero-order valence-electron chi connectivity index (χ0n) is 17.6. The van der Waals surface area contributed by atoms with Crippen molar-refractivity contribution in [1.82, 2.24) is 0 Å². The van der Waals surface area contributed by atoms with Crippen LogP contribution in [0.5, 0.6) is 0 Å². The zero-order chi connectivity index (χ0) is 23.5. The van der Waals surface area contributed by atoms with E-state index in [1.165, 1.54) is 0 Å². The molecule has 0 aliphatic heterocycles. The second-order valence-corrected chi connectivity index (χ2v) is 7.62. The molecule has 4 rings (SSSR count). The lowest BCUT2D eigenvalue weighted by Gasteiger charge is -2.12. The first-order valence-electron chi connectivity index (χ1n) is 10.2. The third-order valence-electron chi connectivity index (χ3n) is 5.44.